The molecule has 0 unspecified atom stereocenters. The molecular weight excluding hydrogens is 426 g/mol. The third kappa shape index (κ3) is 4.21. The zero-order valence-electron chi connectivity index (χ0n) is 16.5. The van der Waals surface area contributed by atoms with Crippen molar-refractivity contribution in [1.82, 2.24) is 9.62 Å². The third-order valence-corrected chi connectivity index (χ3v) is 8.18. The average Bonchev–Trinajstić information content (AvgIpc) is 3.25. The van der Waals surface area contributed by atoms with Gasteiger partial charge in [-0.25, -0.2) is 8.42 Å². The number of hydrogen-bond acceptors (Lipinski definition) is 6. The van der Waals surface area contributed by atoms with Crippen LogP contribution < -0.4 is 15.4 Å². The maximum Gasteiger partial charge on any atom is 0.262 e. The monoisotopic (exact) mass is 449 g/mol. The van der Waals surface area contributed by atoms with Crippen molar-refractivity contribution in [3.63, 3.8) is 0 Å². The molecular formula is C20H23N3O5S2. The lowest BCUT2D eigenvalue weighted by Crippen LogP contribution is -2.45. The minimum atomic E-state index is -3.80. The first-order chi connectivity index (χ1) is 14.3. The van der Waals surface area contributed by atoms with Crippen LogP contribution in [-0.4, -0.2) is 44.2 Å². The van der Waals surface area contributed by atoms with Gasteiger partial charge in [0, 0.05) is 24.0 Å². The number of piperidine rings is 1. The molecule has 1 fully saturated rings. The van der Waals surface area contributed by atoms with Gasteiger partial charge in [0.25, 0.3) is 5.91 Å². The van der Waals surface area contributed by atoms with E-state index in [4.69, 9.17) is 4.74 Å². The number of nitrogens with one attached hydrogen (secondary N) is 2. The Labute approximate surface area is 179 Å². The van der Waals surface area contributed by atoms with Gasteiger partial charge in [0.1, 0.15) is 5.75 Å². The van der Waals surface area contributed by atoms with Gasteiger partial charge >= 0.3 is 0 Å². The summed E-state index contributed by atoms with van der Waals surface area (Å²) in [6.07, 6.45) is 1.27. The minimum absolute atomic E-state index is 0.128. The Kier molecular flexibility index (Phi) is 5.81. The summed E-state index contributed by atoms with van der Waals surface area (Å²) in [5.41, 5.74) is 0.982. The zero-order chi connectivity index (χ0) is 21.3. The fourth-order valence-corrected chi connectivity index (χ4v) is 6.13. The minimum Gasteiger partial charge on any atom is -0.482 e. The van der Waals surface area contributed by atoms with E-state index in [9.17, 15) is 18.0 Å². The van der Waals surface area contributed by atoms with Crippen molar-refractivity contribution in [1.29, 1.82) is 0 Å². The standard InChI is InChI=1S/C20H23N3O5S2/c1-13-8-16-17(28-12-19(24)22-16)9-18(13)30(26,27)23-6-2-4-14(11-23)20(25)21-10-15-5-3-7-29-15/h3,5,7-9,14H,2,4,6,10-12H2,1H3,(H,21,25)(H,22,24)/t14-/m1/s1. The van der Waals surface area contributed by atoms with E-state index in [2.05, 4.69) is 10.6 Å². The average molecular weight is 450 g/mol. The second-order valence-electron chi connectivity index (χ2n) is 7.45. The maximum atomic E-state index is 13.3. The van der Waals surface area contributed by atoms with Crippen LogP contribution in [0.2, 0.25) is 0 Å². The first kappa shape index (κ1) is 20.8. The second-order valence-corrected chi connectivity index (χ2v) is 10.4. The predicted molar refractivity (Wildman–Crippen MR) is 113 cm³/mol. The van der Waals surface area contributed by atoms with Crippen LogP contribution in [0, 0.1) is 12.8 Å². The number of benzene rings is 1. The van der Waals surface area contributed by atoms with Crippen LogP contribution in [0.5, 0.6) is 5.75 Å². The van der Waals surface area contributed by atoms with E-state index in [1.54, 1.807) is 24.3 Å². The third-order valence-electron chi connectivity index (χ3n) is 5.30. The number of thiophene rings is 1. The number of rotatable bonds is 5. The van der Waals surface area contributed by atoms with E-state index in [0.717, 1.165) is 4.88 Å². The Morgan fingerprint density at radius 2 is 2.23 bits per heavy atom. The molecule has 3 heterocycles. The van der Waals surface area contributed by atoms with E-state index in [0.29, 0.717) is 42.9 Å². The van der Waals surface area contributed by atoms with Gasteiger partial charge in [-0.3, -0.25) is 9.59 Å². The van der Waals surface area contributed by atoms with Crippen molar-refractivity contribution in [2.24, 2.45) is 5.92 Å². The zero-order valence-corrected chi connectivity index (χ0v) is 18.1. The van der Waals surface area contributed by atoms with Crippen LogP contribution in [0.25, 0.3) is 0 Å². The Hall–Kier alpha value is -2.43. The molecule has 0 radical (unpaired) electrons. The highest BCUT2D eigenvalue weighted by Gasteiger charge is 2.35. The fraction of sp³-hybridized carbons (Fsp3) is 0.400. The fourth-order valence-electron chi connectivity index (χ4n) is 3.74. The number of aryl methyl sites for hydroxylation is 1. The van der Waals surface area contributed by atoms with Crippen molar-refractivity contribution >= 4 is 38.9 Å². The molecule has 2 amide bonds. The summed E-state index contributed by atoms with van der Waals surface area (Å²) in [6, 6.07) is 6.94. The van der Waals surface area contributed by atoms with Crippen LogP contribution in [0.15, 0.2) is 34.5 Å². The number of carbonyl (C=O) groups excluding carboxylic acids is 2. The Morgan fingerprint density at radius 3 is 3.00 bits per heavy atom. The number of fused-ring (bicyclic) bond motifs is 1. The van der Waals surface area contributed by atoms with E-state index < -0.39 is 10.0 Å². The largest absolute Gasteiger partial charge is 0.482 e. The van der Waals surface area contributed by atoms with Crippen molar-refractivity contribution in [2.45, 2.75) is 31.2 Å². The molecule has 2 aliphatic rings. The summed E-state index contributed by atoms with van der Waals surface area (Å²) in [5.74, 6) is -0.454. The van der Waals surface area contributed by atoms with E-state index >= 15 is 0 Å². The highest BCUT2D eigenvalue weighted by Crippen LogP contribution is 2.35. The molecule has 10 heteroatoms. The molecule has 1 atom stereocenters. The van der Waals surface area contributed by atoms with Gasteiger partial charge in [-0.2, -0.15) is 4.31 Å². The van der Waals surface area contributed by atoms with Crippen molar-refractivity contribution in [2.75, 3.05) is 25.0 Å². The lowest BCUT2D eigenvalue weighted by Gasteiger charge is -2.32. The predicted octanol–water partition coefficient (Wildman–Crippen LogP) is 2.10. The smallest absolute Gasteiger partial charge is 0.262 e. The van der Waals surface area contributed by atoms with Gasteiger partial charge < -0.3 is 15.4 Å². The number of sulfonamides is 1. The highest BCUT2D eigenvalue weighted by molar-refractivity contribution is 7.89. The molecule has 2 aliphatic heterocycles. The highest BCUT2D eigenvalue weighted by atomic mass is 32.2. The number of hydrogen-bond donors (Lipinski definition) is 2. The normalized spacial score (nSPS) is 19.5. The summed E-state index contributed by atoms with van der Waals surface area (Å²) in [6.45, 7) is 2.50. The van der Waals surface area contributed by atoms with Crippen LogP contribution in [0.1, 0.15) is 23.3 Å². The van der Waals surface area contributed by atoms with Crippen molar-refractivity contribution in [3.05, 3.63) is 40.1 Å². The van der Waals surface area contributed by atoms with E-state index in [1.807, 2.05) is 17.5 Å². The molecule has 0 aliphatic carbocycles. The second kappa shape index (κ2) is 8.37. The Balaban J connectivity index is 1.50. The molecule has 0 spiro atoms. The van der Waals surface area contributed by atoms with Gasteiger partial charge in [0.15, 0.2) is 6.61 Å². The Bertz CT molecular complexity index is 1070. The molecule has 1 aromatic heterocycles. The first-order valence-electron chi connectivity index (χ1n) is 9.72. The lowest BCUT2D eigenvalue weighted by atomic mass is 9.99. The molecule has 160 valence electrons. The summed E-state index contributed by atoms with van der Waals surface area (Å²) >= 11 is 1.57. The van der Waals surface area contributed by atoms with Crippen LogP contribution >= 0.6 is 11.3 Å². The van der Waals surface area contributed by atoms with E-state index in [-0.39, 0.29) is 35.8 Å². The summed E-state index contributed by atoms with van der Waals surface area (Å²) in [4.78, 5) is 25.3. The van der Waals surface area contributed by atoms with Crippen LogP contribution in [-0.2, 0) is 26.2 Å². The lowest BCUT2D eigenvalue weighted by molar-refractivity contribution is -0.126. The van der Waals surface area contributed by atoms with Gasteiger partial charge in [-0.1, -0.05) is 6.07 Å². The number of anilines is 1. The van der Waals surface area contributed by atoms with Crippen LogP contribution in [0.4, 0.5) is 5.69 Å². The topological polar surface area (TPSA) is 105 Å². The summed E-state index contributed by atoms with van der Waals surface area (Å²) in [7, 11) is -3.80. The molecule has 2 N–H and O–H groups in total. The van der Waals surface area contributed by atoms with Gasteiger partial charge in [-0.15, -0.1) is 11.3 Å². The quantitative estimate of drug-likeness (QED) is 0.727. The molecule has 1 aromatic carbocycles. The molecule has 1 saturated heterocycles. The Morgan fingerprint density at radius 1 is 1.40 bits per heavy atom. The number of amides is 2. The molecule has 8 nitrogen and oxygen atoms in total. The number of carbonyl (C=O) groups is 2. The molecule has 2 aromatic rings. The van der Waals surface area contributed by atoms with E-state index in [1.165, 1.54) is 10.4 Å². The number of nitrogens with zero attached hydrogens (tertiary/aromatic N) is 1. The summed E-state index contributed by atoms with van der Waals surface area (Å²) < 4.78 is 33.4. The van der Waals surface area contributed by atoms with Crippen LogP contribution in [0.3, 0.4) is 0 Å². The first-order valence-corrected chi connectivity index (χ1v) is 12.0. The summed E-state index contributed by atoms with van der Waals surface area (Å²) in [5, 5.41) is 7.55. The van der Waals surface area contributed by atoms with Crippen molar-refractivity contribution in [3.8, 4) is 5.75 Å². The molecule has 0 bridgehead atoms. The van der Waals surface area contributed by atoms with Gasteiger partial charge in [0.05, 0.1) is 23.0 Å². The molecule has 4 rings (SSSR count). The maximum absolute atomic E-state index is 13.3. The van der Waals surface area contributed by atoms with Gasteiger partial charge in [-0.05, 0) is 42.8 Å². The van der Waals surface area contributed by atoms with Gasteiger partial charge in [0.2, 0.25) is 15.9 Å². The molecule has 30 heavy (non-hydrogen) atoms. The van der Waals surface area contributed by atoms with Crippen molar-refractivity contribution < 1.29 is 22.7 Å². The SMILES string of the molecule is Cc1cc2c(cc1S(=O)(=O)N1CCC[C@@H](C(=O)NCc3cccs3)C1)OCC(=O)N2. The number of ether oxygens (including phenoxy) is 1. The molecule has 0 saturated carbocycles.